The van der Waals surface area contributed by atoms with Gasteiger partial charge >= 0.3 is 0 Å². The Labute approximate surface area is 194 Å². The summed E-state index contributed by atoms with van der Waals surface area (Å²) in [6.45, 7) is 1.87. The fraction of sp³-hybridized carbons (Fsp3) is 0.0370. The van der Waals surface area contributed by atoms with Crippen LogP contribution in [0.1, 0.15) is 26.4 Å². The van der Waals surface area contributed by atoms with Crippen LogP contribution in [0.15, 0.2) is 78.9 Å². The minimum atomic E-state index is -0.583. The Bertz CT molecular complexity index is 1620. The zero-order chi connectivity index (χ0) is 22.7. The molecule has 0 atom stereocenters. The number of fused-ring (bicyclic) bond motifs is 4. The Morgan fingerprint density at radius 1 is 0.727 bits per heavy atom. The van der Waals surface area contributed by atoms with E-state index in [9.17, 15) is 9.59 Å². The predicted molar refractivity (Wildman–Crippen MR) is 128 cm³/mol. The zero-order valence-corrected chi connectivity index (χ0v) is 18.3. The summed E-state index contributed by atoms with van der Waals surface area (Å²) in [6.07, 6.45) is 0. The van der Waals surface area contributed by atoms with Crippen molar-refractivity contribution in [2.24, 2.45) is 0 Å². The smallest absolute Gasteiger partial charge is 0.236 e. The normalized spacial score (nSPS) is 12.7. The van der Waals surface area contributed by atoms with Crippen LogP contribution >= 0.6 is 11.6 Å². The molecule has 2 aromatic heterocycles. The molecule has 2 heterocycles. The molecule has 0 saturated carbocycles. The molecule has 0 amide bonds. The number of pyridine rings is 1. The first kappa shape index (κ1) is 19.6. The topological polar surface area (TPSA) is 64.8 Å². The van der Waals surface area contributed by atoms with Crippen LogP contribution in [0.3, 0.4) is 0 Å². The molecule has 0 radical (unpaired) electrons. The van der Waals surface area contributed by atoms with Gasteiger partial charge in [0.05, 0.1) is 28.0 Å². The molecule has 5 aromatic rings. The fourth-order valence-electron chi connectivity index (χ4n) is 4.54. The third-order valence-electron chi connectivity index (χ3n) is 5.99. The highest BCUT2D eigenvalue weighted by molar-refractivity contribution is 6.54. The second-order valence-corrected chi connectivity index (χ2v) is 8.33. The lowest BCUT2D eigenvalue weighted by molar-refractivity contribution is 0.0815. The molecular weight excluding hydrogens is 434 g/mol. The standard InChI is InChI=1S/C27H16ClN3O2/c1-15-21-22(19-13-7-8-14-20(19)28)23-24(17-11-5-6-12-18(17)25(32)26(23)33)29-27(21)31(30-15)16-9-3-2-4-10-16/h2-14H,1H3. The minimum absolute atomic E-state index is 0.273. The lowest BCUT2D eigenvalue weighted by Gasteiger charge is -2.21. The minimum Gasteiger partial charge on any atom is -0.285 e. The molecule has 5 nitrogen and oxygen atoms in total. The summed E-state index contributed by atoms with van der Waals surface area (Å²) in [4.78, 5) is 31.5. The van der Waals surface area contributed by atoms with Gasteiger partial charge in [0.2, 0.25) is 11.6 Å². The monoisotopic (exact) mass is 449 g/mol. The van der Waals surface area contributed by atoms with Gasteiger partial charge in [0, 0.05) is 27.3 Å². The van der Waals surface area contributed by atoms with Crippen molar-refractivity contribution in [3.8, 4) is 28.1 Å². The Hall–Kier alpha value is -4.09. The molecule has 1 aliphatic carbocycles. The SMILES string of the molecule is Cc1nn(-c2ccccc2)c2nc3c(c(-c4ccccc4Cl)c12)C(=O)C(=O)c1ccccc1-3. The van der Waals surface area contributed by atoms with Crippen molar-refractivity contribution in [3.63, 3.8) is 0 Å². The highest BCUT2D eigenvalue weighted by Gasteiger charge is 2.36. The average Bonchev–Trinajstić information content (AvgIpc) is 3.18. The number of carbonyl (C=O) groups excluding carboxylic acids is 2. The first-order valence-electron chi connectivity index (χ1n) is 10.5. The molecule has 0 saturated heterocycles. The molecule has 0 unspecified atom stereocenters. The predicted octanol–water partition coefficient (Wildman–Crippen LogP) is 6.10. The number of Topliss-reactive ketones (excluding diaryl/α,β-unsaturated/α-hetero) is 2. The Balaban J connectivity index is 1.84. The van der Waals surface area contributed by atoms with Gasteiger partial charge in [-0.15, -0.1) is 0 Å². The van der Waals surface area contributed by atoms with Crippen molar-refractivity contribution >= 4 is 34.2 Å². The molecule has 0 N–H and O–H groups in total. The van der Waals surface area contributed by atoms with Gasteiger partial charge in [-0.05, 0) is 25.1 Å². The molecule has 6 heteroatoms. The first-order valence-corrected chi connectivity index (χ1v) is 10.9. The third kappa shape index (κ3) is 2.79. The second-order valence-electron chi connectivity index (χ2n) is 7.93. The van der Waals surface area contributed by atoms with E-state index in [1.165, 1.54) is 0 Å². The zero-order valence-electron chi connectivity index (χ0n) is 17.5. The van der Waals surface area contributed by atoms with Crippen molar-refractivity contribution in [2.75, 3.05) is 0 Å². The summed E-state index contributed by atoms with van der Waals surface area (Å²) in [7, 11) is 0. The number of hydrogen-bond donors (Lipinski definition) is 0. The lowest BCUT2D eigenvalue weighted by Crippen LogP contribution is -2.23. The molecule has 6 rings (SSSR count). The highest BCUT2D eigenvalue weighted by atomic mass is 35.5. The van der Waals surface area contributed by atoms with Gasteiger partial charge in [-0.3, -0.25) is 9.59 Å². The number of aromatic nitrogens is 3. The molecule has 0 aliphatic heterocycles. The van der Waals surface area contributed by atoms with Crippen LogP contribution in [0.4, 0.5) is 0 Å². The van der Waals surface area contributed by atoms with Gasteiger partial charge in [-0.2, -0.15) is 5.10 Å². The van der Waals surface area contributed by atoms with Crippen molar-refractivity contribution in [1.82, 2.24) is 14.8 Å². The summed E-state index contributed by atoms with van der Waals surface area (Å²) in [5.41, 5.74) is 5.12. The Morgan fingerprint density at radius 2 is 1.36 bits per heavy atom. The van der Waals surface area contributed by atoms with Gasteiger partial charge in [-0.1, -0.05) is 72.3 Å². The van der Waals surface area contributed by atoms with Gasteiger partial charge in [0.25, 0.3) is 0 Å². The molecule has 158 valence electrons. The summed E-state index contributed by atoms with van der Waals surface area (Å²) in [6, 6.07) is 24.1. The number of rotatable bonds is 2. The van der Waals surface area contributed by atoms with Crippen LogP contribution in [0.5, 0.6) is 0 Å². The molecular formula is C27H16ClN3O2. The van der Waals surface area contributed by atoms with Crippen molar-refractivity contribution in [1.29, 1.82) is 0 Å². The van der Waals surface area contributed by atoms with Gasteiger partial charge in [-0.25, -0.2) is 9.67 Å². The summed E-state index contributed by atoms with van der Waals surface area (Å²) >= 11 is 6.62. The maximum atomic E-state index is 13.5. The largest absolute Gasteiger partial charge is 0.285 e. The van der Waals surface area contributed by atoms with E-state index in [-0.39, 0.29) is 5.56 Å². The fourth-order valence-corrected chi connectivity index (χ4v) is 4.77. The second kappa shape index (κ2) is 7.22. The molecule has 3 aromatic carbocycles. The molecule has 1 aliphatic rings. The van der Waals surface area contributed by atoms with Gasteiger partial charge < -0.3 is 0 Å². The van der Waals surface area contributed by atoms with Crippen molar-refractivity contribution in [2.45, 2.75) is 6.92 Å². The maximum Gasteiger partial charge on any atom is 0.236 e. The lowest BCUT2D eigenvalue weighted by atomic mass is 9.82. The first-order chi connectivity index (χ1) is 16.1. The Kier molecular flexibility index (Phi) is 4.28. The number of carbonyl (C=O) groups is 2. The molecule has 0 fully saturated rings. The van der Waals surface area contributed by atoms with Crippen LogP contribution in [0, 0.1) is 6.92 Å². The number of para-hydroxylation sites is 1. The summed E-state index contributed by atoms with van der Waals surface area (Å²) in [5, 5.41) is 5.95. The maximum absolute atomic E-state index is 13.5. The van der Waals surface area contributed by atoms with Gasteiger partial charge in [0.1, 0.15) is 0 Å². The summed E-state index contributed by atoms with van der Waals surface area (Å²) in [5.74, 6) is -1.12. The highest BCUT2D eigenvalue weighted by Crippen LogP contribution is 2.44. The van der Waals surface area contributed by atoms with Gasteiger partial charge in [0.15, 0.2) is 5.65 Å². The van der Waals surface area contributed by atoms with E-state index in [2.05, 4.69) is 0 Å². The third-order valence-corrected chi connectivity index (χ3v) is 6.32. The number of aryl methyl sites for hydroxylation is 1. The van der Waals surface area contributed by atoms with E-state index >= 15 is 0 Å². The molecule has 0 spiro atoms. The van der Waals surface area contributed by atoms with E-state index < -0.39 is 11.6 Å². The van der Waals surface area contributed by atoms with Crippen LogP contribution < -0.4 is 0 Å². The quantitative estimate of drug-likeness (QED) is 0.306. The van der Waals surface area contributed by atoms with Crippen LogP contribution in [-0.4, -0.2) is 26.3 Å². The number of nitrogens with zero attached hydrogens (tertiary/aromatic N) is 3. The Morgan fingerprint density at radius 3 is 2.09 bits per heavy atom. The van der Waals surface area contributed by atoms with Crippen molar-refractivity contribution < 1.29 is 9.59 Å². The van der Waals surface area contributed by atoms with Crippen LogP contribution in [0.2, 0.25) is 5.02 Å². The van der Waals surface area contributed by atoms with E-state index in [0.717, 1.165) is 5.69 Å². The van der Waals surface area contributed by atoms with E-state index in [1.54, 1.807) is 22.9 Å². The number of ketones is 2. The van der Waals surface area contributed by atoms with Crippen LogP contribution in [0.25, 0.3) is 39.1 Å². The van der Waals surface area contributed by atoms with Crippen molar-refractivity contribution in [3.05, 3.63) is 101 Å². The van der Waals surface area contributed by atoms with Crippen LogP contribution in [-0.2, 0) is 0 Å². The summed E-state index contributed by atoms with van der Waals surface area (Å²) < 4.78 is 1.77. The molecule has 33 heavy (non-hydrogen) atoms. The van der Waals surface area contributed by atoms with E-state index in [4.69, 9.17) is 21.7 Å². The number of halogens is 1. The average molecular weight is 450 g/mol. The molecule has 0 bridgehead atoms. The van der Waals surface area contributed by atoms with E-state index in [0.29, 0.717) is 49.7 Å². The van der Waals surface area contributed by atoms with E-state index in [1.807, 2.05) is 67.6 Å². The number of benzene rings is 3. The number of hydrogen-bond acceptors (Lipinski definition) is 4.